The van der Waals surface area contributed by atoms with Gasteiger partial charge in [-0.05, 0) is 65.9 Å². The second-order valence-corrected chi connectivity index (χ2v) is 7.86. The zero-order chi connectivity index (χ0) is 19.8. The van der Waals surface area contributed by atoms with E-state index < -0.39 is 16.0 Å². The second-order valence-electron chi connectivity index (χ2n) is 6.30. The lowest BCUT2D eigenvalue weighted by molar-refractivity contribution is -0.135. The van der Waals surface area contributed by atoms with Gasteiger partial charge in [0.2, 0.25) is 10.0 Å². The maximum atomic E-state index is 13.8. The fraction of sp³-hybridized carbons (Fsp3) is 0.150. The first-order valence-electron chi connectivity index (χ1n) is 8.12. The highest BCUT2D eigenvalue weighted by molar-refractivity contribution is 7.89. The maximum Gasteiger partial charge on any atom is 0.338 e. The average Bonchev–Trinajstić information content (AvgIpc) is 2.93. The highest BCUT2D eigenvalue weighted by Crippen LogP contribution is 2.39. The van der Waals surface area contributed by atoms with Crippen molar-refractivity contribution in [1.29, 1.82) is 0 Å². The molecule has 140 valence electrons. The summed E-state index contributed by atoms with van der Waals surface area (Å²) in [6.07, 6.45) is 2.21. The van der Waals surface area contributed by atoms with Crippen molar-refractivity contribution in [1.82, 2.24) is 0 Å². The van der Waals surface area contributed by atoms with Crippen molar-refractivity contribution >= 4 is 27.6 Å². The van der Waals surface area contributed by atoms with Crippen LogP contribution in [0.5, 0.6) is 0 Å². The summed E-state index contributed by atoms with van der Waals surface area (Å²) in [5.74, 6) is -0.945. The van der Waals surface area contributed by atoms with Gasteiger partial charge in [-0.15, -0.1) is 0 Å². The Bertz CT molecular complexity index is 1080. The molecule has 0 saturated carbocycles. The van der Waals surface area contributed by atoms with E-state index >= 15 is 0 Å². The zero-order valence-corrected chi connectivity index (χ0v) is 15.6. The first-order chi connectivity index (χ1) is 12.7. The van der Waals surface area contributed by atoms with Gasteiger partial charge in [0.25, 0.3) is 0 Å². The number of benzene rings is 2. The number of allylic oxidation sites excluding steroid dienone is 1. The number of rotatable bonds is 4. The van der Waals surface area contributed by atoms with Crippen LogP contribution >= 0.6 is 0 Å². The summed E-state index contributed by atoms with van der Waals surface area (Å²) in [5.41, 5.74) is 4.02. The molecule has 7 heteroatoms. The van der Waals surface area contributed by atoms with E-state index in [0.29, 0.717) is 23.1 Å². The summed E-state index contributed by atoms with van der Waals surface area (Å²) in [5, 5.41) is 5.10. The molecule has 0 spiro atoms. The molecule has 1 aliphatic rings. The smallest absolute Gasteiger partial charge is 0.338 e. The van der Waals surface area contributed by atoms with E-state index in [1.165, 1.54) is 31.4 Å². The summed E-state index contributed by atoms with van der Waals surface area (Å²) in [7, 11) is -2.53. The van der Waals surface area contributed by atoms with Crippen LogP contribution in [-0.4, -0.2) is 21.5 Å². The van der Waals surface area contributed by atoms with Crippen LogP contribution < -0.4 is 5.14 Å². The number of methoxy groups -OCH3 is 1. The highest BCUT2D eigenvalue weighted by atomic mass is 32.2. The molecule has 0 bridgehead atoms. The topological polar surface area (TPSA) is 86.5 Å². The summed E-state index contributed by atoms with van der Waals surface area (Å²) in [4.78, 5) is 12.4. The van der Waals surface area contributed by atoms with Crippen molar-refractivity contribution in [2.75, 3.05) is 7.11 Å². The number of hydrogen-bond donors (Lipinski definition) is 1. The fourth-order valence-electron chi connectivity index (χ4n) is 3.18. The van der Waals surface area contributed by atoms with Crippen molar-refractivity contribution in [3.63, 3.8) is 0 Å². The number of carbonyl (C=O) groups excluding carboxylic acids is 1. The number of primary sulfonamides is 1. The van der Waals surface area contributed by atoms with Crippen molar-refractivity contribution in [2.45, 2.75) is 18.2 Å². The van der Waals surface area contributed by atoms with Crippen molar-refractivity contribution in [3.05, 3.63) is 76.1 Å². The Kier molecular flexibility index (Phi) is 4.99. The van der Waals surface area contributed by atoms with Crippen LogP contribution in [0, 0.1) is 5.82 Å². The number of esters is 1. The second kappa shape index (κ2) is 7.09. The van der Waals surface area contributed by atoms with Gasteiger partial charge in [-0.25, -0.2) is 22.7 Å². The number of sulfonamides is 1. The minimum Gasteiger partial charge on any atom is -0.465 e. The summed E-state index contributed by atoms with van der Waals surface area (Å²) in [6, 6.07) is 10.3. The third-order valence-corrected chi connectivity index (χ3v) is 5.35. The normalized spacial score (nSPS) is 14.3. The number of ether oxygens (including phenoxy) is 1. The minimum absolute atomic E-state index is 0.0250. The van der Waals surface area contributed by atoms with Crippen LogP contribution in [0.4, 0.5) is 4.39 Å². The molecule has 3 rings (SSSR count). The molecule has 2 aromatic rings. The molecule has 2 aromatic carbocycles. The third kappa shape index (κ3) is 3.84. The van der Waals surface area contributed by atoms with E-state index in [2.05, 4.69) is 0 Å². The lowest BCUT2D eigenvalue weighted by atomic mass is 9.95. The van der Waals surface area contributed by atoms with Crippen LogP contribution in [-0.2, 0) is 26.0 Å². The van der Waals surface area contributed by atoms with Gasteiger partial charge >= 0.3 is 5.97 Å². The summed E-state index contributed by atoms with van der Waals surface area (Å²) >= 11 is 0. The molecular weight excluding hydrogens is 369 g/mol. The molecule has 0 unspecified atom stereocenters. The highest BCUT2D eigenvalue weighted by Gasteiger charge is 2.26. The Hall–Kier alpha value is -2.77. The van der Waals surface area contributed by atoms with Crippen molar-refractivity contribution in [2.24, 2.45) is 5.14 Å². The Morgan fingerprint density at radius 2 is 1.85 bits per heavy atom. The van der Waals surface area contributed by atoms with Crippen LogP contribution in [0.2, 0.25) is 0 Å². The van der Waals surface area contributed by atoms with Crippen LogP contribution in [0.3, 0.4) is 0 Å². The van der Waals surface area contributed by atoms with Gasteiger partial charge in [0.1, 0.15) is 5.82 Å². The number of nitrogens with two attached hydrogens (primary N) is 1. The van der Waals surface area contributed by atoms with E-state index in [9.17, 15) is 17.6 Å². The quantitative estimate of drug-likeness (QED) is 0.645. The van der Waals surface area contributed by atoms with Crippen LogP contribution in [0.1, 0.15) is 23.6 Å². The predicted molar refractivity (Wildman–Crippen MR) is 101 cm³/mol. The Labute approximate surface area is 157 Å². The molecule has 0 heterocycles. The van der Waals surface area contributed by atoms with Crippen LogP contribution in [0.15, 0.2) is 58.5 Å². The molecule has 2 N–H and O–H groups in total. The first kappa shape index (κ1) is 19.0. The molecule has 0 aromatic heterocycles. The minimum atomic E-state index is -3.80. The molecule has 0 fully saturated rings. The van der Waals surface area contributed by atoms with Gasteiger partial charge in [-0.2, -0.15) is 0 Å². The van der Waals surface area contributed by atoms with Crippen LogP contribution in [0.25, 0.3) is 11.6 Å². The molecule has 0 aliphatic heterocycles. The lowest BCUT2D eigenvalue weighted by Crippen LogP contribution is -2.11. The molecular formula is C20H18FNO4S. The molecule has 0 saturated heterocycles. The molecule has 0 radical (unpaired) electrons. The van der Waals surface area contributed by atoms with E-state index in [4.69, 9.17) is 9.88 Å². The molecule has 1 aliphatic carbocycles. The van der Waals surface area contributed by atoms with E-state index in [0.717, 1.165) is 11.1 Å². The average molecular weight is 387 g/mol. The first-order valence-corrected chi connectivity index (χ1v) is 9.67. The van der Waals surface area contributed by atoms with Gasteiger partial charge in [0.05, 0.1) is 17.6 Å². The molecule has 5 nitrogen and oxygen atoms in total. The van der Waals surface area contributed by atoms with Gasteiger partial charge < -0.3 is 4.74 Å². The summed E-state index contributed by atoms with van der Waals surface area (Å²) in [6.45, 7) is 1.88. The van der Waals surface area contributed by atoms with E-state index in [-0.39, 0.29) is 16.3 Å². The third-order valence-electron chi connectivity index (χ3n) is 4.42. The van der Waals surface area contributed by atoms with Crippen molar-refractivity contribution < 1.29 is 22.3 Å². The molecule has 27 heavy (non-hydrogen) atoms. The number of hydrogen-bond acceptors (Lipinski definition) is 4. The van der Waals surface area contributed by atoms with Crippen molar-refractivity contribution in [3.8, 4) is 0 Å². The SMILES string of the molecule is COC(=O)/C(=C\c1ccc(S(N)(=O)=O)cc1)C1=C(C)Cc2ccc(F)cc21. The Balaban J connectivity index is 2.11. The summed E-state index contributed by atoms with van der Waals surface area (Å²) < 4.78 is 41.5. The Morgan fingerprint density at radius 3 is 2.44 bits per heavy atom. The number of halogens is 1. The lowest BCUT2D eigenvalue weighted by Gasteiger charge is -2.11. The standard InChI is InChI=1S/C20H18FNO4S/c1-12-9-14-5-6-15(21)11-17(14)19(12)18(20(23)26-2)10-13-3-7-16(8-4-13)27(22,24)25/h3-8,10-11H,9H2,1-2H3,(H2,22,24,25)/b18-10-. The van der Waals surface area contributed by atoms with E-state index in [1.807, 2.05) is 6.92 Å². The Morgan fingerprint density at radius 1 is 1.19 bits per heavy atom. The molecule has 0 amide bonds. The number of fused-ring (bicyclic) bond motifs is 1. The van der Waals surface area contributed by atoms with Gasteiger partial charge in [-0.1, -0.05) is 23.8 Å². The number of carbonyl (C=O) groups is 1. The van der Waals surface area contributed by atoms with E-state index in [1.54, 1.807) is 24.3 Å². The van der Waals surface area contributed by atoms with Gasteiger partial charge in [-0.3, -0.25) is 0 Å². The van der Waals surface area contributed by atoms with Gasteiger partial charge in [0, 0.05) is 0 Å². The molecule has 0 atom stereocenters. The largest absolute Gasteiger partial charge is 0.465 e. The van der Waals surface area contributed by atoms with Gasteiger partial charge in [0.15, 0.2) is 0 Å². The maximum absolute atomic E-state index is 13.8. The predicted octanol–water partition coefficient (Wildman–Crippen LogP) is 3.06. The zero-order valence-electron chi connectivity index (χ0n) is 14.8. The monoisotopic (exact) mass is 387 g/mol. The fourth-order valence-corrected chi connectivity index (χ4v) is 3.69.